The van der Waals surface area contributed by atoms with Gasteiger partial charge in [-0.2, -0.15) is 0 Å². The summed E-state index contributed by atoms with van der Waals surface area (Å²) in [6.07, 6.45) is 1.32. The fraction of sp³-hybridized carbons (Fsp3) is 0.370. The molecule has 37 heavy (non-hydrogen) atoms. The first-order valence-electron chi connectivity index (χ1n) is 11.8. The average Bonchev–Trinajstić information content (AvgIpc) is 2.83. The molecule has 0 bridgehead atoms. The van der Waals surface area contributed by atoms with E-state index in [1.165, 1.54) is 19.1 Å². The molecular formula is C27H31NaO9. The number of aryl methyl sites for hydroxylation is 1. The van der Waals surface area contributed by atoms with Gasteiger partial charge in [-0.15, -0.1) is 0 Å². The van der Waals surface area contributed by atoms with Crippen LogP contribution in [0.5, 0.6) is 17.2 Å². The van der Waals surface area contributed by atoms with E-state index >= 15 is 0 Å². The van der Waals surface area contributed by atoms with Crippen LogP contribution in [0.25, 0.3) is 11.0 Å². The number of aliphatic hydroxyl groups is 1. The zero-order valence-electron chi connectivity index (χ0n) is 20.5. The number of carbonyl (C=O) groups is 2. The quantitative estimate of drug-likeness (QED) is 0.241. The van der Waals surface area contributed by atoms with Gasteiger partial charge in [0.15, 0.2) is 11.2 Å². The molecule has 1 aromatic heterocycles. The molecule has 1 unspecified atom stereocenters. The summed E-state index contributed by atoms with van der Waals surface area (Å²) < 4.78 is 17.0. The van der Waals surface area contributed by atoms with Crippen LogP contribution < -0.4 is 14.9 Å². The van der Waals surface area contributed by atoms with Gasteiger partial charge < -0.3 is 29.2 Å². The molecule has 0 saturated heterocycles. The predicted molar refractivity (Wildman–Crippen MR) is 140 cm³/mol. The molecule has 0 saturated carbocycles. The van der Waals surface area contributed by atoms with Gasteiger partial charge in [0, 0.05) is 17.2 Å². The number of ether oxygens (including phenoxy) is 2. The first kappa shape index (κ1) is 30.4. The third kappa shape index (κ3) is 7.13. The van der Waals surface area contributed by atoms with E-state index in [1.807, 2.05) is 13.8 Å². The topological polar surface area (TPSA) is 144 Å². The molecule has 3 rings (SSSR count). The molecule has 1 heterocycles. The number of aromatic hydroxyl groups is 1. The molecule has 10 heteroatoms. The van der Waals surface area contributed by atoms with Crippen LogP contribution in [0, 0.1) is 0 Å². The summed E-state index contributed by atoms with van der Waals surface area (Å²) in [4.78, 5) is 35.4. The number of ketones is 1. The molecule has 3 N–H and O–H groups in total. The number of hydrogen-bond donors (Lipinski definition) is 3. The Balaban J connectivity index is 0.00000481. The Kier molecular flexibility index (Phi) is 11.2. The van der Waals surface area contributed by atoms with Gasteiger partial charge in [0.1, 0.15) is 42.1 Å². The van der Waals surface area contributed by atoms with Gasteiger partial charge in [-0.25, -0.2) is 4.79 Å². The van der Waals surface area contributed by atoms with Crippen LogP contribution in [-0.2, 0) is 12.8 Å². The van der Waals surface area contributed by atoms with Crippen molar-refractivity contribution in [2.45, 2.75) is 52.6 Å². The number of rotatable bonds is 12. The van der Waals surface area contributed by atoms with E-state index in [4.69, 9.17) is 13.9 Å². The van der Waals surface area contributed by atoms with Crippen molar-refractivity contribution in [3.8, 4) is 17.2 Å². The number of aromatic carboxylic acids is 1. The number of benzene rings is 2. The molecule has 0 aliphatic heterocycles. The molecule has 0 radical (unpaired) electrons. The third-order valence-corrected chi connectivity index (χ3v) is 5.65. The van der Waals surface area contributed by atoms with Crippen molar-refractivity contribution in [3.05, 3.63) is 63.0 Å². The van der Waals surface area contributed by atoms with Crippen molar-refractivity contribution in [2.24, 2.45) is 0 Å². The Bertz CT molecular complexity index is 1330. The van der Waals surface area contributed by atoms with Gasteiger partial charge in [-0.1, -0.05) is 26.7 Å². The van der Waals surface area contributed by atoms with Crippen LogP contribution in [0.15, 0.2) is 39.5 Å². The van der Waals surface area contributed by atoms with Crippen LogP contribution in [0.3, 0.4) is 0 Å². The first-order chi connectivity index (χ1) is 17.2. The van der Waals surface area contributed by atoms with E-state index in [1.54, 1.807) is 12.1 Å². The number of fused-ring (bicyclic) bond motifs is 1. The summed E-state index contributed by atoms with van der Waals surface area (Å²) in [6, 6.07) is 7.12. The molecule has 3 aromatic rings. The standard InChI is InChI=1S/C27H30O9.Na.H/c1-4-6-19-22(10-8-17(15(3)28)25(19)31)34-13-16(29)14-35-23-11-9-18-21(30)12-24(27(32)33)36-26(18)20(23)7-5-2;;/h8-12,16,29,31H,4-7,13-14H2,1-3H3,(H,32,33);;. The molecule has 0 fully saturated rings. The Morgan fingerprint density at radius 2 is 1.54 bits per heavy atom. The minimum atomic E-state index is -1.35. The number of phenolic OH excluding ortho intramolecular Hbond substituents is 1. The summed E-state index contributed by atoms with van der Waals surface area (Å²) in [6.45, 7) is 4.95. The molecular weight excluding hydrogens is 491 g/mol. The maximum absolute atomic E-state index is 12.4. The van der Waals surface area contributed by atoms with E-state index in [-0.39, 0.29) is 70.8 Å². The maximum atomic E-state index is 12.4. The molecule has 0 aliphatic rings. The van der Waals surface area contributed by atoms with E-state index in [0.717, 1.165) is 12.5 Å². The fourth-order valence-corrected chi connectivity index (χ4v) is 3.93. The van der Waals surface area contributed by atoms with Gasteiger partial charge in [-0.3, -0.25) is 9.59 Å². The van der Waals surface area contributed by atoms with Crippen LogP contribution in [0.2, 0.25) is 0 Å². The van der Waals surface area contributed by atoms with Gasteiger partial charge in [-0.05, 0) is 44.0 Å². The summed E-state index contributed by atoms with van der Waals surface area (Å²) in [7, 11) is 0. The Labute approximate surface area is 236 Å². The van der Waals surface area contributed by atoms with Crippen molar-refractivity contribution in [3.63, 3.8) is 0 Å². The van der Waals surface area contributed by atoms with E-state index in [2.05, 4.69) is 0 Å². The second-order valence-electron chi connectivity index (χ2n) is 8.47. The number of carbonyl (C=O) groups excluding carboxylic acids is 1. The van der Waals surface area contributed by atoms with Crippen molar-refractivity contribution < 1.29 is 38.8 Å². The summed E-state index contributed by atoms with van der Waals surface area (Å²) in [5, 5.41) is 30.5. The number of aliphatic hydroxyl groups excluding tert-OH is 1. The summed E-state index contributed by atoms with van der Waals surface area (Å²) in [5.41, 5.74) is 0.941. The third-order valence-electron chi connectivity index (χ3n) is 5.65. The summed E-state index contributed by atoms with van der Waals surface area (Å²) >= 11 is 0. The first-order valence-corrected chi connectivity index (χ1v) is 11.8. The van der Waals surface area contributed by atoms with Crippen molar-refractivity contribution >= 4 is 52.3 Å². The number of carboxylic acids is 1. The van der Waals surface area contributed by atoms with Gasteiger partial charge >= 0.3 is 35.5 Å². The second kappa shape index (κ2) is 13.6. The Morgan fingerprint density at radius 1 is 0.973 bits per heavy atom. The van der Waals surface area contributed by atoms with E-state index in [0.29, 0.717) is 41.9 Å². The SMILES string of the molecule is CCCc1c(OCC(O)COc2ccc3c(=O)cc(C(=O)O)oc3c2CCC)ccc(C(C)=O)c1O.[NaH]. The Morgan fingerprint density at radius 3 is 2.11 bits per heavy atom. The van der Waals surface area contributed by atoms with Crippen LogP contribution in [0.4, 0.5) is 0 Å². The molecule has 194 valence electrons. The normalized spacial score (nSPS) is 11.6. The summed E-state index contributed by atoms with van der Waals surface area (Å²) in [5.74, 6) is -1.44. The number of Topliss-reactive ketones (excluding diaryl/α,β-unsaturated/α-hetero) is 1. The van der Waals surface area contributed by atoms with Crippen LogP contribution >= 0.6 is 0 Å². The van der Waals surface area contributed by atoms with Crippen molar-refractivity contribution in [1.29, 1.82) is 0 Å². The molecule has 1 atom stereocenters. The number of carboxylic acid groups (broad SMARTS) is 1. The predicted octanol–water partition coefficient (Wildman–Crippen LogP) is 3.47. The second-order valence-corrected chi connectivity index (χ2v) is 8.47. The number of phenols is 1. The number of hydrogen-bond acceptors (Lipinski definition) is 8. The van der Waals surface area contributed by atoms with Gasteiger partial charge in [0.2, 0.25) is 5.76 Å². The zero-order valence-corrected chi connectivity index (χ0v) is 20.5. The van der Waals surface area contributed by atoms with E-state index < -0.39 is 23.3 Å². The molecule has 9 nitrogen and oxygen atoms in total. The minimum absolute atomic E-state index is 0. The molecule has 2 aromatic carbocycles. The van der Waals surface area contributed by atoms with Crippen LogP contribution in [-0.4, -0.2) is 75.9 Å². The molecule has 0 spiro atoms. The Hall–Kier alpha value is -2.85. The van der Waals surface area contributed by atoms with Crippen LogP contribution in [0.1, 0.15) is 65.7 Å². The van der Waals surface area contributed by atoms with Crippen molar-refractivity contribution in [1.82, 2.24) is 0 Å². The van der Waals surface area contributed by atoms with E-state index in [9.17, 15) is 29.7 Å². The average molecular weight is 523 g/mol. The molecule has 0 aliphatic carbocycles. The fourth-order valence-electron chi connectivity index (χ4n) is 3.93. The van der Waals surface area contributed by atoms with Gasteiger partial charge in [0.05, 0.1) is 10.9 Å². The zero-order chi connectivity index (χ0) is 26.4. The van der Waals surface area contributed by atoms with Gasteiger partial charge in [0.25, 0.3) is 0 Å². The van der Waals surface area contributed by atoms with Crippen molar-refractivity contribution in [2.75, 3.05) is 13.2 Å². The monoisotopic (exact) mass is 522 g/mol. The molecule has 0 amide bonds.